The Balaban J connectivity index is -0.000000882. The van der Waals surface area contributed by atoms with E-state index in [0.29, 0.717) is 6.42 Å². The molecule has 0 aliphatic heterocycles. The van der Waals surface area contributed by atoms with E-state index in [2.05, 4.69) is 67.7 Å². The van der Waals surface area contributed by atoms with Gasteiger partial charge < -0.3 is 20.0 Å². The summed E-state index contributed by atoms with van der Waals surface area (Å²) in [6, 6.07) is 0. The van der Waals surface area contributed by atoms with Gasteiger partial charge in [-0.15, -0.1) is 0 Å². The van der Waals surface area contributed by atoms with Gasteiger partial charge in [0, 0.05) is 6.42 Å². The van der Waals surface area contributed by atoms with Crippen molar-refractivity contribution in [2.45, 2.75) is 58.3 Å². The Morgan fingerprint density at radius 3 is 1.22 bits per heavy atom. The van der Waals surface area contributed by atoms with Crippen LogP contribution in [0.1, 0.15) is 58.3 Å². The normalized spacial score (nSPS) is 11.6. The number of carboxylic acid groups (broad SMARTS) is 1. The third-order valence-corrected chi connectivity index (χ3v) is 3.12. The van der Waals surface area contributed by atoms with Crippen LogP contribution in [0.25, 0.3) is 0 Å². The van der Waals surface area contributed by atoms with Crippen LogP contribution in [0.4, 0.5) is 0 Å². The van der Waals surface area contributed by atoms with Crippen LogP contribution in [-0.4, -0.2) is 34.1 Å². The first kappa shape index (κ1) is 33.3. The second-order valence-electron chi connectivity index (χ2n) is 5.35. The molecule has 0 aromatic rings. The Morgan fingerprint density at radius 2 is 0.926 bits per heavy atom. The number of allylic oxidation sites excluding steroid dienone is 12. The van der Waals surface area contributed by atoms with Crippen molar-refractivity contribution < 1.29 is 9.90 Å². The molecule has 3 heteroatoms. The van der Waals surface area contributed by atoms with Gasteiger partial charge in [0.2, 0.25) is 0 Å². The Morgan fingerprint density at radius 1 is 0.630 bits per heavy atom. The molecule has 0 aliphatic carbocycles. The van der Waals surface area contributed by atoms with Gasteiger partial charge in [-0.25, -0.2) is 0 Å². The first-order valence-corrected chi connectivity index (χ1v) is 8.89. The third-order valence-electron chi connectivity index (χ3n) is 3.12. The molecule has 0 bridgehead atoms. The average molecular weight is 383 g/mol. The molecule has 1 N–H and O–H groups in total. The van der Waals surface area contributed by atoms with E-state index in [1.807, 2.05) is 12.2 Å². The van der Waals surface area contributed by atoms with E-state index in [-0.39, 0.29) is 44.3 Å². The van der Waals surface area contributed by atoms with Crippen molar-refractivity contribution in [1.29, 1.82) is 0 Å². The van der Waals surface area contributed by atoms with Gasteiger partial charge in [0.05, 0.1) is 0 Å². The summed E-state index contributed by atoms with van der Waals surface area (Å²) in [6.07, 6.45) is 32.5. The number of rotatable bonds is 14. The fraction of sp³-hybridized carbons (Fsp3) is 0.375. The summed E-state index contributed by atoms with van der Waals surface area (Å²) in [4.78, 5) is 10.3. The predicted molar refractivity (Wildman–Crippen MR) is 124 cm³/mol. The first-order valence-electron chi connectivity index (χ1n) is 8.89. The number of carbonyl (C=O) groups is 1. The molecule has 27 heavy (non-hydrogen) atoms. The molecule has 0 atom stereocenters. The first-order chi connectivity index (χ1) is 11.8. The van der Waals surface area contributed by atoms with Crippen molar-refractivity contribution in [1.82, 2.24) is 0 Å². The van der Waals surface area contributed by atoms with E-state index < -0.39 is 5.97 Å². The maximum absolute atomic E-state index is 10.3. The van der Waals surface area contributed by atoms with Gasteiger partial charge in [0.15, 0.2) is 0 Å². The van der Waals surface area contributed by atoms with Crippen LogP contribution < -0.4 is 0 Å². The molecule has 0 heterocycles. The summed E-state index contributed by atoms with van der Waals surface area (Å²) < 4.78 is 0. The van der Waals surface area contributed by atoms with Gasteiger partial charge in [0.1, 0.15) is 0 Å². The third kappa shape index (κ3) is 32.8. The summed E-state index contributed by atoms with van der Waals surface area (Å²) >= 11 is 0. The Kier molecular flexibility index (Phi) is 36.3. The number of aliphatic carboxylic acids is 1. The predicted octanol–water partition coefficient (Wildman–Crippen LogP) is 7.07. The molecule has 0 saturated heterocycles. The van der Waals surface area contributed by atoms with Crippen molar-refractivity contribution in [3.63, 3.8) is 0 Å². The second kappa shape index (κ2) is 29.4. The van der Waals surface area contributed by atoms with Gasteiger partial charge in [-0.2, -0.15) is 0 Å². The van der Waals surface area contributed by atoms with E-state index in [1.165, 1.54) is 0 Å². The zero-order chi connectivity index (χ0) is 17.7. The summed E-state index contributed by atoms with van der Waals surface area (Å²) in [7, 11) is 0. The molecule has 0 aromatic heterocycles. The van der Waals surface area contributed by atoms with E-state index in [0.717, 1.165) is 38.5 Å². The molecule has 2 nitrogen and oxygen atoms in total. The van der Waals surface area contributed by atoms with Crippen LogP contribution in [0.2, 0.25) is 0 Å². The topological polar surface area (TPSA) is 37.3 Å². The second-order valence-corrected chi connectivity index (χ2v) is 5.35. The van der Waals surface area contributed by atoms with Crippen molar-refractivity contribution in [3.05, 3.63) is 87.8 Å². The van der Waals surface area contributed by atoms with Crippen LogP contribution in [0.5, 0.6) is 0 Å². The maximum atomic E-state index is 10.3. The Labute approximate surface area is 184 Å². The minimum atomic E-state index is -0.741. The van der Waals surface area contributed by atoms with Gasteiger partial charge in [0.25, 0.3) is 0 Å². The van der Waals surface area contributed by atoms with Crippen molar-refractivity contribution in [3.8, 4) is 0 Å². The molecule has 0 spiro atoms. The van der Waals surface area contributed by atoms with E-state index in [9.17, 15) is 4.79 Å². The maximum Gasteiger partial charge on any atom is 2.00 e. The largest absolute Gasteiger partial charge is 2.00 e. The number of carboxylic acids is 1. The van der Waals surface area contributed by atoms with Crippen LogP contribution >= 0.6 is 0 Å². The molecule has 0 saturated carbocycles. The van der Waals surface area contributed by atoms with Crippen molar-refractivity contribution in [2.75, 3.05) is 0 Å². The molecular formula is C24H38MgO2. The zero-order valence-corrected chi connectivity index (χ0v) is 19.1. The standard InChI is InChI=1S/C22H32O2.2CH3.Mg/c1-2-3-4-5-6-7-8-9-10-11-12-13-14-15-16-17-18-19-20-21-22(23)24;;;/h3-4,6-7,9-10,12-13,15-16,18-19H,2,5,8,11,14,17,20-21H2,1H3,(H,23,24);2*1H3;/q;2*-1;+2/b4-3-,7-6-,10-9-,13-12-,16-15-,19-18-;;;. The van der Waals surface area contributed by atoms with Gasteiger partial charge >= 0.3 is 29.0 Å². The number of hydrogen-bond acceptors (Lipinski definition) is 1. The van der Waals surface area contributed by atoms with Crippen LogP contribution in [-0.2, 0) is 4.79 Å². The quantitative estimate of drug-likeness (QED) is 0.198. The van der Waals surface area contributed by atoms with Crippen LogP contribution in [0.15, 0.2) is 72.9 Å². The van der Waals surface area contributed by atoms with Crippen molar-refractivity contribution >= 4 is 29.0 Å². The summed E-state index contributed by atoms with van der Waals surface area (Å²) in [5, 5.41) is 8.49. The van der Waals surface area contributed by atoms with Crippen LogP contribution in [0.3, 0.4) is 0 Å². The molecule has 0 radical (unpaired) electrons. The van der Waals surface area contributed by atoms with E-state index in [4.69, 9.17) is 5.11 Å². The van der Waals surface area contributed by atoms with E-state index in [1.54, 1.807) is 0 Å². The summed E-state index contributed by atoms with van der Waals surface area (Å²) in [5.41, 5.74) is 0. The summed E-state index contributed by atoms with van der Waals surface area (Å²) in [5.74, 6) is -0.741. The van der Waals surface area contributed by atoms with Crippen molar-refractivity contribution in [2.24, 2.45) is 0 Å². The zero-order valence-electron chi connectivity index (χ0n) is 17.6. The fourth-order valence-corrected chi connectivity index (χ4v) is 1.85. The SMILES string of the molecule is CC/C=C\C/C=C\C/C=C\C/C=C\C/C=C\C/C=C\CCC(=O)O.[CH3-].[CH3-].[Mg+2]. The van der Waals surface area contributed by atoms with Gasteiger partial charge in [-0.1, -0.05) is 79.8 Å². The molecule has 148 valence electrons. The van der Waals surface area contributed by atoms with Gasteiger partial charge in [-0.05, 0) is 44.9 Å². The minimum absolute atomic E-state index is 0. The molecule has 0 amide bonds. The summed E-state index contributed by atoms with van der Waals surface area (Å²) in [6.45, 7) is 2.15. The van der Waals surface area contributed by atoms with E-state index >= 15 is 0 Å². The minimum Gasteiger partial charge on any atom is -0.481 e. The molecule has 0 fully saturated rings. The van der Waals surface area contributed by atoms with Crippen LogP contribution in [0, 0.1) is 14.9 Å². The Bertz CT molecular complexity index is 469. The number of hydrogen-bond donors (Lipinski definition) is 1. The molecule has 0 aromatic carbocycles. The molecule has 0 unspecified atom stereocenters. The Hall–Kier alpha value is -1.32. The smallest absolute Gasteiger partial charge is 0.481 e. The fourth-order valence-electron chi connectivity index (χ4n) is 1.85. The molecule has 0 aliphatic rings. The molecule has 0 rings (SSSR count). The average Bonchev–Trinajstić information content (AvgIpc) is 2.56. The molecular weight excluding hydrogens is 345 g/mol. The monoisotopic (exact) mass is 382 g/mol. The van der Waals surface area contributed by atoms with Gasteiger partial charge in [-0.3, -0.25) is 4.79 Å².